The molecule has 1 aliphatic carbocycles. The van der Waals surface area contributed by atoms with Gasteiger partial charge in [0.15, 0.2) is 11.5 Å². The molecule has 2 N–H and O–H groups in total. The zero-order valence-corrected chi connectivity index (χ0v) is 17.1. The summed E-state index contributed by atoms with van der Waals surface area (Å²) in [5, 5.41) is 6.53. The van der Waals surface area contributed by atoms with E-state index in [4.69, 9.17) is 13.9 Å². The van der Waals surface area contributed by atoms with E-state index in [0.29, 0.717) is 47.1 Å². The van der Waals surface area contributed by atoms with Crippen LogP contribution in [0, 0.1) is 5.92 Å². The van der Waals surface area contributed by atoms with Gasteiger partial charge in [0, 0.05) is 23.1 Å². The number of hydrogen-bond acceptors (Lipinski definition) is 5. The molecule has 31 heavy (non-hydrogen) atoms. The lowest BCUT2D eigenvalue weighted by Gasteiger charge is -2.20. The molecule has 0 unspecified atom stereocenters. The summed E-state index contributed by atoms with van der Waals surface area (Å²) in [5.74, 6) is 0.788. The first kappa shape index (κ1) is 19.5. The molecule has 160 valence electrons. The first-order valence-electron chi connectivity index (χ1n) is 10.7. The normalized spacial score (nSPS) is 16.1. The summed E-state index contributed by atoms with van der Waals surface area (Å²) in [4.78, 5) is 26.0. The van der Waals surface area contributed by atoms with Gasteiger partial charge in [-0.15, -0.1) is 0 Å². The van der Waals surface area contributed by atoms with Crippen molar-refractivity contribution in [2.75, 3.05) is 23.8 Å². The molecule has 2 aliphatic rings. The average Bonchev–Trinajstić information content (AvgIpc) is 3.18. The number of anilines is 2. The minimum atomic E-state index is -0.438. The van der Waals surface area contributed by atoms with E-state index in [1.54, 1.807) is 24.3 Å². The molecule has 1 aliphatic heterocycles. The Morgan fingerprint density at radius 1 is 0.871 bits per heavy atom. The minimum absolute atomic E-state index is 0.0314. The molecule has 7 heteroatoms. The Hall–Kier alpha value is -3.48. The van der Waals surface area contributed by atoms with Crippen LogP contribution in [0.25, 0.3) is 11.0 Å². The highest BCUT2D eigenvalue weighted by Crippen LogP contribution is 2.35. The molecular weight excluding hydrogens is 396 g/mol. The lowest BCUT2D eigenvalue weighted by Crippen LogP contribution is -2.25. The highest BCUT2D eigenvalue weighted by molar-refractivity contribution is 6.14. The van der Waals surface area contributed by atoms with Crippen molar-refractivity contribution in [3.8, 4) is 11.5 Å². The van der Waals surface area contributed by atoms with Gasteiger partial charge in [0.2, 0.25) is 11.7 Å². The molecule has 2 amide bonds. The molecule has 0 saturated heterocycles. The third kappa shape index (κ3) is 3.95. The number of furan rings is 1. The zero-order valence-electron chi connectivity index (χ0n) is 17.1. The molecule has 1 saturated carbocycles. The predicted molar refractivity (Wildman–Crippen MR) is 117 cm³/mol. The summed E-state index contributed by atoms with van der Waals surface area (Å²) >= 11 is 0. The number of benzene rings is 2. The fraction of sp³-hybridized carbons (Fsp3) is 0.333. The molecule has 2 aromatic carbocycles. The van der Waals surface area contributed by atoms with E-state index in [1.807, 2.05) is 18.2 Å². The van der Waals surface area contributed by atoms with Crippen LogP contribution in [0.5, 0.6) is 11.5 Å². The molecule has 0 bridgehead atoms. The first-order valence-corrected chi connectivity index (χ1v) is 10.7. The molecule has 0 spiro atoms. The minimum Gasteiger partial charge on any atom is -0.486 e. The number of nitrogens with one attached hydrogen (secondary N) is 2. The van der Waals surface area contributed by atoms with Crippen LogP contribution >= 0.6 is 0 Å². The van der Waals surface area contributed by atoms with Crippen LogP contribution in [-0.4, -0.2) is 25.0 Å². The zero-order chi connectivity index (χ0) is 21.2. The maximum absolute atomic E-state index is 13.1. The second-order valence-corrected chi connectivity index (χ2v) is 7.94. The summed E-state index contributed by atoms with van der Waals surface area (Å²) in [6.07, 6.45) is 5.03. The van der Waals surface area contributed by atoms with E-state index < -0.39 is 5.91 Å². The van der Waals surface area contributed by atoms with Gasteiger partial charge in [0.25, 0.3) is 5.91 Å². The van der Waals surface area contributed by atoms with Gasteiger partial charge in [-0.25, -0.2) is 0 Å². The van der Waals surface area contributed by atoms with Crippen molar-refractivity contribution in [1.82, 2.24) is 0 Å². The quantitative estimate of drug-likeness (QED) is 0.622. The SMILES string of the molecule is O=C(Nc1ccc2c(c1)OCCO2)c1oc2ccccc2c1NC(=O)C1CCCCC1. The van der Waals surface area contributed by atoms with Crippen LogP contribution in [0.1, 0.15) is 42.7 Å². The lowest BCUT2D eigenvalue weighted by atomic mass is 9.88. The maximum Gasteiger partial charge on any atom is 0.293 e. The Labute approximate surface area is 179 Å². The number of para-hydroxylation sites is 1. The van der Waals surface area contributed by atoms with Gasteiger partial charge in [-0.05, 0) is 37.1 Å². The topological polar surface area (TPSA) is 89.8 Å². The van der Waals surface area contributed by atoms with Crippen molar-refractivity contribution >= 4 is 34.2 Å². The molecule has 0 radical (unpaired) electrons. The predicted octanol–water partition coefficient (Wildman–Crippen LogP) is 4.98. The van der Waals surface area contributed by atoms with Crippen molar-refractivity contribution in [1.29, 1.82) is 0 Å². The Bertz CT molecular complexity index is 1130. The fourth-order valence-electron chi connectivity index (χ4n) is 4.23. The van der Waals surface area contributed by atoms with Crippen molar-refractivity contribution in [3.63, 3.8) is 0 Å². The molecule has 3 aromatic rings. The van der Waals surface area contributed by atoms with E-state index in [-0.39, 0.29) is 17.6 Å². The van der Waals surface area contributed by atoms with Gasteiger partial charge < -0.3 is 24.5 Å². The van der Waals surface area contributed by atoms with Crippen LogP contribution in [0.4, 0.5) is 11.4 Å². The van der Waals surface area contributed by atoms with Crippen molar-refractivity contribution in [2.45, 2.75) is 32.1 Å². The number of carbonyl (C=O) groups excluding carboxylic acids is 2. The second kappa shape index (κ2) is 8.34. The fourth-order valence-corrected chi connectivity index (χ4v) is 4.23. The third-order valence-electron chi connectivity index (χ3n) is 5.83. The molecule has 5 rings (SSSR count). The summed E-state index contributed by atoms with van der Waals surface area (Å²) in [6.45, 7) is 0.965. The Kier molecular flexibility index (Phi) is 5.24. The molecule has 2 heterocycles. The maximum atomic E-state index is 13.1. The Balaban J connectivity index is 1.42. The van der Waals surface area contributed by atoms with Gasteiger partial charge in [0.05, 0.1) is 0 Å². The van der Waals surface area contributed by atoms with Crippen molar-refractivity contribution in [3.05, 3.63) is 48.2 Å². The highest BCUT2D eigenvalue weighted by Gasteiger charge is 2.27. The smallest absolute Gasteiger partial charge is 0.293 e. The number of ether oxygens (including phenoxy) is 2. The molecule has 0 atom stereocenters. The molecule has 7 nitrogen and oxygen atoms in total. The van der Waals surface area contributed by atoms with Crippen molar-refractivity contribution in [2.24, 2.45) is 5.92 Å². The van der Waals surface area contributed by atoms with Crippen LogP contribution in [0.15, 0.2) is 46.9 Å². The third-order valence-corrected chi connectivity index (χ3v) is 5.83. The number of fused-ring (bicyclic) bond motifs is 2. The van der Waals surface area contributed by atoms with E-state index >= 15 is 0 Å². The van der Waals surface area contributed by atoms with Crippen molar-refractivity contribution < 1.29 is 23.5 Å². The number of carbonyl (C=O) groups is 2. The van der Waals surface area contributed by atoms with E-state index in [1.165, 1.54) is 6.42 Å². The lowest BCUT2D eigenvalue weighted by molar-refractivity contribution is -0.120. The van der Waals surface area contributed by atoms with Gasteiger partial charge in [-0.2, -0.15) is 0 Å². The summed E-state index contributed by atoms with van der Waals surface area (Å²) in [7, 11) is 0. The largest absolute Gasteiger partial charge is 0.486 e. The molecule has 1 aromatic heterocycles. The standard InChI is InChI=1S/C24H24N2O5/c27-23(15-6-2-1-3-7-15)26-21-17-8-4-5-9-18(17)31-22(21)24(28)25-16-10-11-19-20(14-16)30-13-12-29-19/h4-5,8-11,14-15H,1-3,6-7,12-13H2,(H,25,28)(H,26,27). The number of amides is 2. The van der Waals surface area contributed by atoms with Crippen LogP contribution in [0.3, 0.4) is 0 Å². The number of rotatable bonds is 4. The van der Waals surface area contributed by atoms with Gasteiger partial charge in [-0.3, -0.25) is 9.59 Å². The van der Waals surface area contributed by atoms with Crippen LogP contribution < -0.4 is 20.1 Å². The Morgan fingerprint density at radius 3 is 2.48 bits per heavy atom. The van der Waals surface area contributed by atoms with Crippen LogP contribution in [-0.2, 0) is 4.79 Å². The van der Waals surface area contributed by atoms with Gasteiger partial charge in [0.1, 0.15) is 24.5 Å². The van der Waals surface area contributed by atoms with Gasteiger partial charge in [-0.1, -0.05) is 31.4 Å². The van der Waals surface area contributed by atoms with Crippen LogP contribution in [0.2, 0.25) is 0 Å². The summed E-state index contributed by atoms with van der Waals surface area (Å²) in [6, 6.07) is 12.5. The first-order chi connectivity index (χ1) is 15.2. The average molecular weight is 420 g/mol. The summed E-state index contributed by atoms with van der Waals surface area (Å²) < 4.78 is 17.0. The second-order valence-electron chi connectivity index (χ2n) is 7.94. The van der Waals surface area contributed by atoms with Gasteiger partial charge >= 0.3 is 0 Å². The van der Waals surface area contributed by atoms with E-state index in [9.17, 15) is 9.59 Å². The molecule has 1 fully saturated rings. The summed E-state index contributed by atoms with van der Waals surface area (Å²) in [5.41, 5.74) is 1.52. The Morgan fingerprint density at radius 2 is 1.65 bits per heavy atom. The molecular formula is C24H24N2O5. The van der Waals surface area contributed by atoms with E-state index in [0.717, 1.165) is 25.7 Å². The number of hydrogen-bond donors (Lipinski definition) is 2. The monoisotopic (exact) mass is 420 g/mol. The highest BCUT2D eigenvalue weighted by atomic mass is 16.6. The van der Waals surface area contributed by atoms with E-state index in [2.05, 4.69) is 10.6 Å².